The molecule has 15 heavy (non-hydrogen) atoms. The molecule has 0 spiro atoms. The van der Waals surface area contributed by atoms with Crippen LogP contribution < -0.4 is 5.32 Å². The average molecular weight is 214 g/mol. The molecule has 5 heteroatoms. The van der Waals surface area contributed by atoms with Gasteiger partial charge in [-0.2, -0.15) is 0 Å². The van der Waals surface area contributed by atoms with Gasteiger partial charge in [-0.3, -0.25) is 9.59 Å². The van der Waals surface area contributed by atoms with Crippen molar-refractivity contribution in [2.45, 2.75) is 12.8 Å². The maximum atomic E-state index is 11.8. The summed E-state index contributed by atoms with van der Waals surface area (Å²) in [5.41, 5.74) is 0. The number of methoxy groups -OCH3 is 1. The standard InChI is InChI=1S/C10H18N2O3/c1-12(4-3-5-15-2)10(14)8-6-9(13)11-7-8/h8H,3-7H2,1-2H3,(H,11,13). The Labute approximate surface area is 89.8 Å². The first-order valence-corrected chi connectivity index (χ1v) is 5.15. The summed E-state index contributed by atoms with van der Waals surface area (Å²) < 4.78 is 4.91. The fourth-order valence-electron chi connectivity index (χ4n) is 1.65. The number of nitrogens with one attached hydrogen (secondary N) is 1. The van der Waals surface area contributed by atoms with Crippen LogP contribution in [0.5, 0.6) is 0 Å². The molecule has 0 aromatic heterocycles. The minimum absolute atomic E-state index is 0.0290. The number of carbonyl (C=O) groups is 2. The predicted octanol–water partition coefficient (Wildman–Crippen LogP) is -0.383. The molecule has 0 bridgehead atoms. The van der Waals surface area contributed by atoms with E-state index in [2.05, 4.69) is 5.32 Å². The first kappa shape index (κ1) is 12.0. The van der Waals surface area contributed by atoms with Gasteiger partial charge in [0.15, 0.2) is 0 Å². The monoisotopic (exact) mass is 214 g/mol. The van der Waals surface area contributed by atoms with E-state index >= 15 is 0 Å². The molecular formula is C10H18N2O3. The summed E-state index contributed by atoms with van der Waals surface area (Å²) >= 11 is 0. The van der Waals surface area contributed by atoms with Crippen molar-refractivity contribution in [1.29, 1.82) is 0 Å². The van der Waals surface area contributed by atoms with Crippen molar-refractivity contribution in [1.82, 2.24) is 10.2 Å². The Morgan fingerprint density at radius 1 is 1.67 bits per heavy atom. The zero-order valence-electron chi connectivity index (χ0n) is 9.28. The topological polar surface area (TPSA) is 58.6 Å². The molecule has 86 valence electrons. The summed E-state index contributed by atoms with van der Waals surface area (Å²) in [7, 11) is 3.40. The lowest BCUT2D eigenvalue weighted by Crippen LogP contribution is -2.35. The third-order valence-corrected chi connectivity index (χ3v) is 2.54. The van der Waals surface area contributed by atoms with E-state index in [1.165, 1.54) is 0 Å². The summed E-state index contributed by atoms with van der Waals surface area (Å²) in [5, 5.41) is 2.66. The van der Waals surface area contributed by atoms with Crippen LogP contribution in [0.4, 0.5) is 0 Å². The minimum atomic E-state index is -0.176. The lowest BCUT2D eigenvalue weighted by molar-refractivity contribution is -0.134. The second-order valence-corrected chi connectivity index (χ2v) is 3.81. The highest BCUT2D eigenvalue weighted by molar-refractivity contribution is 5.89. The lowest BCUT2D eigenvalue weighted by atomic mass is 10.1. The van der Waals surface area contributed by atoms with Gasteiger partial charge in [0.05, 0.1) is 5.92 Å². The Morgan fingerprint density at radius 3 is 2.93 bits per heavy atom. The Kier molecular flexibility index (Phi) is 4.55. The highest BCUT2D eigenvalue weighted by atomic mass is 16.5. The van der Waals surface area contributed by atoms with E-state index in [1.54, 1.807) is 19.1 Å². The zero-order valence-corrected chi connectivity index (χ0v) is 9.28. The summed E-state index contributed by atoms with van der Waals surface area (Å²) in [4.78, 5) is 24.4. The van der Waals surface area contributed by atoms with E-state index in [4.69, 9.17) is 4.74 Å². The smallest absolute Gasteiger partial charge is 0.227 e. The number of nitrogens with zero attached hydrogens (tertiary/aromatic N) is 1. The molecule has 1 heterocycles. The average Bonchev–Trinajstić information content (AvgIpc) is 2.64. The molecule has 0 saturated carbocycles. The van der Waals surface area contributed by atoms with E-state index < -0.39 is 0 Å². The molecule has 1 unspecified atom stereocenters. The summed E-state index contributed by atoms with van der Waals surface area (Å²) in [6.07, 6.45) is 1.15. The van der Waals surface area contributed by atoms with Gasteiger partial charge in [-0.1, -0.05) is 0 Å². The van der Waals surface area contributed by atoms with Gasteiger partial charge in [0.25, 0.3) is 0 Å². The highest BCUT2D eigenvalue weighted by Crippen LogP contribution is 2.11. The molecule has 1 aliphatic rings. The van der Waals surface area contributed by atoms with Crippen molar-refractivity contribution in [3.8, 4) is 0 Å². The maximum absolute atomic E-state index is 11.8. The highest BCUT2D eigenvalue weighted by Gasteiger charge is 2.29. The molecule has 1 fully saturated rings. The molecule has 1 rings (SSSR count). The molecule has 0 aromatic carbocycles. The maximum Gasteiger partial charge on any atom is 0.227 e. The van der Waals surface area contributed by atoms with Crippen LogP contribution in [0.15, 0.2) is 0 Å². The molecule has 2 amide bonds. The summed E-state index contributed by atoms with van der Waals surface area (Å²) in [6, 6.07) is 0. The molecule has 0 aromatic rings. The van der Waals surface area contributed by atoms with Crippen molar-refractivity contribution >= 4 is 11.8 Å². The van der Waals surface area contributed by atoms with Gasteiger partial charge in [-0.05, 0) is 6.42 Å². The van der Waals surface area contributed by atoms with E-state index in [9.17, 15) is 9.59 Å². The van der Waals surface area contributed by atoms with Gasteiger partial charge in [0, 0.05) is 40.3 Å². The van der Waals surface area contributed by atoms with Crippen LogP contribution >= 0.6 is 0 Å². The fraction of sp³-hybridized carbons (Fsp3) is 0.800. The van der Waals surface area contributed by atoms with Crippen molar-refractivity contribution in [3.05, 3.63) is 0 Å². The van der Waals surface area contributed by atoms with E-state index in [0.717, 1.165) is 6.42 Å². The number of carbonyl (C=O) groups excluding carboxylic acids is 2. The fourth-order valence-corrected chi connectivity index (χ4v) is 1.65. The van der Waals surface area contributed by atoms with Crippen molar-refractivity contribution < 1.29 is 14.3 Å². The summed E-state index contributed by atoms with van der Waals surface area (Å²) in [5.74, 6) is -0.159. The van der Waals surface area contributed by atoms with Crippen LogP contribution in [0.1, 0.15) is 12.8 Å². The molecule has 1 atom stereocenters. The van der Waals surface area contributed by atoms with Crippen LogP contribution in [0.3, 0.4) is 0 Å². The van der Waals surface area contributed by atoms with Gasteiger partial charge in [-0.15, -0.1) is 0 Å². The first-order chi connectivity index (χ1) is 7.15. The van der Waals surface area contributed by atoms with Crippen LogP contribution in [0.2, 0.25) is 0 Å². The Hall–Kier alpha value is -1.10. The molecule has 1 N–H and O–H groups in total. The van der Waals surface area contributed by atoms with Crippen LogP contribution in [0.25, 0.3) is 0 Å². The molecular weight excluding hydrogens is 196 g/mol. The Balaban J connectivity index is 2.29. The van der Waals surface area contributed by atoms with Crippen LogP contribution in [0, 0.1) is 5.92 Å². The van der Waals surface area contributed by atoms with Gasteiger partial charge in [-0.25, -0.2) is 0 Å². The van der Waals surface area contributed by atoms with Crippen LogP contribution in [-0.2, 0) is 14.3 Å². The van der Waals surface area contributed by atoms with Crippen molar-refractivity contribution in [3.63, 3.8) is 0 Å². The normalized spacial score (nSPS) is 20.1. The Bertz CT molecular complexity index is 243. The van der Waals surface area contributed by atoms with Gasteiger partial charge in [0.1, 0.15) is 0 Å². The second kappa shape index (κ2) is 5.70. The number of rotatable bonds is 5. The van der Waals surface area contributed by atoms with E-state index in [-0.39, 0.29) is 17.7 Å². The SMILES string of the molecule is COCCCN(C)C(=O)C1CNC(=O)C1. The molecule has 1 aliphatic heterocycles. The lowest BCUT2D eigenvalue weighted by Gasteiger charge is -2.19. The van der Waals surface area contributed by atoms with Gasteiger partial charge < -0.3 is 15.0 Å². The molecule has 0 aliphatic carbocycles. The Morgan fingerprint density at radius 2 is 2.40 bits per heavy atom. The molecule has 0 radical (unpaired) electrons. The van der Waals surface area contributed by atoms with Crippen LogP contribution in [-0.4, -0.2) is 50.6 Å². The summed E-state index contributed by atoms with van der Waals surface area (Å²) in [6.45, 7) is 1.81. The molecule has 5 nitrogen and oxygen atoms in total. The second-order valence-electron chi connectivity index (χ2n) is 3.81. The number of hydrogen-bond donors (Lipinski definition) is 1. The largest absolute Gasteiger partial charge is 0.385 e. The van der Waals surface area contributed by atoms with E-state index in [1.807, 2.05) is 0 Å². The quantitative estimate of drug-likeness (QED) is 0.634. The molecule has 1 saturated heterocycles. The third kappa shape index (κ3) is 3.51. The number of amides is 2. The van der Waals surface area contributed by atoms with E-state index in [0.29, 0.717) is 26.1 Å². The van der Waals surface area contributed by atoms with Crippen molar-refractivity contribution in [2.24, 2.45) is 5.92 Å². The van der Waals surface area contributed by atoms with Gasteiger partial charge in [0.2, 0.25) is 11.8 Å². The number of ether oxygens (including phenoxy) is 1. The van der Waals surface area contributed by atoms with Crippen molar-refractivity contribution in [2.75, 3.05) is 33.9 Å². The third-order valence-electron chi connectivity index (χ3n) is 2.54. The number of hydrogen-bond acceptors (Lipinski definition) is 3. The first-order valence-electron chi connectivity index (χ1n) is 5.15. The minimum Gasteiger partial charge on any atom is -0.385 e. The van der Waals surface area contributed by atoms with Gasteiger partial charge >= 0.3 is 0 Å². The zero-order chi connectivity index (χ0) is 11.3. The predicted molar refractivity (Wildman–Crippen MR) is 55.2 cm³/mol.